The van der Waals surface area contributed by atoms with Crippen molar-refractivity contribution < 1.29 is 4.84 Å². The Bertz CT molecular complexity index is 156. The molecule has 0 aromatic carbocycles. The second kappa shape index (κ2) is 4.43. The fraction of sp³-hybridized carbons (Fsp3) is 1.00. The maximum Gasteiger partial charge on any atom is 0.0654 e. The topological polar surface area (TPSA) is 21.3 Å². The van der Waals surface area contributed by atoms with Crippen LogP contribution in [0.4, 0.5) is 0 Å². The molecule has 1 fully saturated rings. The third kappa shape index (κ3) is 3.65. The van der Waals surface area contributed by atoms with Gasteiger partial charge in [-0.25, -0.2) is 0 Å². The van der Waals surface area contributed by atoms with Gasteiger partial charge in [-0.15, -0.1) is 0 Å². The molecular formula is C11H23NO. The summed E-state index contributed by atoms with van der Waals surface area (Å²) in [7, 11) is 0. The van der Waals surface area contributed by atoms with E-state index in [9.17, 15) is 0 Å². The minimum absolute atomic E-state index is 0.479. The first-order valence-corrected chi connectivity index (χ1v) is 5.41. The van der Waals surface area contributed by atoms with Crippen molar-refractivity contribution in [2.75, 3.05) is 6.61 Å². The molecule has 2 unspecified atom stereocenters. The van der Waals surface area contributed by atoms with E-state index < -0.39 is 0 Å². The molecule has 2 nitrogen and oxygen atoms in total. The lowest BCUT2D eigenvalue weighted by molar-refractivity contribution is -0.00910. The van der Waals surface area contributed by atoms with Gasteiger partial charge in [0.05, 0.1) is 6.61 Å². The van der Waals surface area contributed by atoms with E-state index in [-0.39, 0.29) is 0 Å². The van der Waals surface area contributed by atoms with Crippen molar-refractivity contribution in [1.82, 2.24) is 5.48 Å². The summed E-state index contributed by atoms with van der Waals surface area (Å²) in [5.41, 5.74) is 3.64. The predicted molar refractivity (Wildman–Crippen MR) is 55.3 cm³/mol. The van der Waals surface area contributed by atoms with Crippen LogP contribution in [-0.4, -0.2) is 12.6 Å². The van der Waals surface area contributed by atoms with Crippen LogP contribution in [0.2, 0.25) is 0 Å². The van der Waals surface area contributed by atoms with Crippen molar-refractivity contribution >= 4 is 0 Å². The van der Waals surface area contributed by atoms with Gasteiger partial charge in [0.1, 0.15) is 0 Å². The zero-order chi connectivity index (χ0) is 9.90. The van der Waals surface area contributed by atoms with E-state index in [0.717, 1.165) is 12.5 Å². The largest absolute Gasteiger partial charge is 0.302 e. The SMILES string of the molecule is CCONC1CC(C)CC(C)(C)C1. The van der Waals surface area contributed by atoms with Gasteiger partial charge in [0.15, 0.2) is 0 Å². The number of hydroxylamine groups is 1. The van der Waals surface area contributed by atoms with Crippen molar-refractivity contribution in [2.45, 2.75) is 53.0 Å². The van der Waals surface area contributed by atoms with Gasteiger partial charge in [-0.3, -0.25) is 0 Å². The van der Waals surface area contributed by atoms with Gasteiger partial charge in [-0.1, -0.05) is 20.8 Å². The Labute approximate surface area is 82.0 Å². The van der Waals surface area contributed by atoms with Crippen LogP contribution in [-0.2, 0) is 4.84 Å². The summed E-state index contributed by atoms with van der Waals surface area (Å²) < 4.78 is 0. The number of hydrogen-bond acceptors (Lipinski definition) is 2. The Hall–Kier alpha value is -0.0800. The highest BCUT2D eigenvalue weighted by molar-refractivity contribution is 4.84. The molecule has 1 N–H and O–H groups in total. The Morgan fingerprint density at radius 1 is 1.38 bits per heavy atom. The van der Waals surface area contributed by atoms with Crippen molar-refractivity contribution in [2.24, 2.45) is 11.3 Å². The smallest absolute Gasteiger partial charge is 0.0654 e. The highest BCUT2D eigenvalue weighted by Crippen LogP contribution is 2.38. The van der Waals surface area contributed by atoms with Crippen molar-refractivity contribution in [1.29, 1.82) is 0 Å². The normalized spacial score (nSPS) is 33.2. The molecule has 2 atom stereocenters. The zero-order valence-electron chi connectivity index (χ0n) is 9.39. The van der Waals surface area contributed by atoms with Gasteiger partial charge in [0, 0.05) is 6.04 Å². The molecule has 1 rings (SSSR count). The van der Waals surface area contributed by atoms with Gasteiger partial charge >= 0.3 is 0 Å². The monoisotopic (exact) mass is 185 g/mol. The summed E-state index contributed by atoms with van der Waals surface area (Å²) in [5.74, 6) is 0.821. The summed E-state index contributed by atoms with van der Waals surface area (Å²) >= 11 is 0. The molecule has 0 spiro atoms. The fourth-order valence-electron chi connectivity index (χ4n) is 2.64. The third-order valence-corrected chi connectivity index (χ3v) is 2.78. The van der Waals surface area contributed by atoms with E-state index in [0.29, 0.717) is 11.5 Å². The van der Waals surface area contributed by atoms with E-state index in [4.69, 9.17) is 4.84 Å². The molecule has 0 radical (unpaired) electrons. The van der Waals surface area contributed by atoms with Crippen molar-refractivity contribution in [3.05, 3.63) is 0 Å². The minimum Gasteiger partial charge on any atom is -0.302 e. The van der Waals surface area contributed by atoms with Crippen LogP contribution >= 0.6 is 0 Å². The van der Waals surface area contributed by atoms with E-state index in [1.807, 2.05) is 6.92 Å². The lowest BCUT2D eigenvalue weighted by atomic mass is 9.71. The Balaban J connectivity index is 2.38. The van der Waals surface area contributed by atoms with Crippen LogP contribution in [0.25, 0.3) is 0 Å². The zero-order valence-corrected chi connectivity index (χ0v) is 9.39. The Morgan fingerprint density at radius 3 is 2.62 bits per heavy atom. The first kappa shape index (κ1) is 11.0. The highest BCUT2D eigenvalue weighted by Gasteiger charge is 2.31. The maximum atomic E-state index is 5.26. The lowest BCUT2D eigenvalue weighted by Crippen LogP contribution is -2.40. The fourth-order valence-corrected chi connectivity index (χ4v) is 2.64. The standard InChI is InChI=1S/C11H23NO/c1-5-13-12-10-6-9(2)7-11(3,4)8-10/h9-10,12H,5-8H2,1-4H3. The van der Waals surface area contributed by atoms with Gasteiger partial charge in [-0.05, 0) is 37.5 Å². The van der Waals surface area contributed by atoms with Crippen molar-refractivity contribution in [3.8, 4) is 0 Å². The molecule has 0 aliphatic heterocycles. The van der Waals surface area contributed by atoms with Crippen LogP contribution < -0.4 is 5.48 Å². The Morgan fingerprint density at radius 2 is 2.08 bits per heavy atom. The predicted octanol–water partition coefficient (Wildman–Crippen LogP) is 2.74. The summed E-state index contributed by atoms with van der Waals surface area (Å²) in [4.78, 5) is 5.26. The molecule has 0 heterocycles. The first-order valence-electron chi connectivity index (χ1n) is 5.41. The molecular weight excluding hydrogens is 162 g/mol. The molecule has 78 valence electrons. The number of nitrogens with one attached hydrogen (secondary N) is 1. The quantitative estimate of drug-likeness (QED) is 0.683. The second-order valence-corrected chi connectivity index (χ2v) is 5.16. The molecule has 0 saturated heterocycles. The number of rotatable bonds is 3. The average molecular weight is 185 g/mol. The molecule has 1 aliphatic rings. The van der Waals surface area contributed by atoms with E-state index in [2.05, 4.69) is 26.3 Å². The molecule has 0 aromatic rings. The van der Waals surface area contributed by atoms with E-state index in [1.165, 1.54) is 19.3 Å². The molecule has 0 bridgehead atoms. The van der Waals surface area contributed by atoms with Crippen LogP contribution in [0.1, 0.15) is 47.0 Å². The van der Waals surface area contributed by atoms with E-state index in [1.54, 1.807) is 0 Å². The molecule has 13 heavy (non-hydrogen) atoms. The summed E-state index contributed by atoms with van der Waals surface area (Å²) in [6.45, 7) is 9.81. The molecule has 0 aromatic heterocycles. The van der Waals surface area contributed by atoms with Gasteiger partial charge in [0.25, 0.3) is 0 Å². The van der Waals surface area contributed by atoms with Crippen LogP contribution in [0.15, 0.2) is 0 Å². The third-order valence-electron chi connectivity index (χ3n) is 2.78. The minimum atomic E-state index is 0.479. The van der Waals surface area contributed by atoms with Gasteiger partial charge in [0.2, 0.25) is 0 Å². The van der Waals surface area contributed by atoms with Crippen LogP contribution in [0.5, 0.6) is 0 Å². The molecule has 1 saturated carbocycles. The second-order valence-electron chi connectivity index (χ2n) is 5.16. The van der Waals surface area contributed by atoms with Crippen LogP contribution in [0.3, 0.4) is 0 Å². The first-order chi connectivity index (χ1) is 6.03. The van der Waals surface area contributed by atoms with Crippen molar-refractivity contribution in [3.63, 3.8) is 0 Å². The van der Waals surface area contributed by atoms with Gasteiger partial charge < -0.3 is 4.84 Å². The number of hydrogen-bond donors (Lipinski definition) is 1. The van der Waals surface area contributed by atoms with E-state index >= 15 is 0 Å². The summed E-state index contributed by atoms with van der Waals surface area (Å²) in [6.07, 6.45) is 3.83. The summed E-state index contributed by atoms with van der Waals surface area (Å²) in [5, 5.41) is 0. The highest BCUT2D eigenvalue weighted by atomic mass is 16.6. The Kier molecular flexibility index (Phi) is 3.74. The lowest BCUT2D eigenvalue weighted by Gasteiger charge is -2.38. The molecule has 1 aliphatic carbocycles. The summed E-state index contributed by atoms with van der Waals surface area (Å²) in [6, 6.07) is 0.554. The molecule has 0 amide bonds. The average Bonchev–Trinajstić information content (AvgIpc) is 1.97. The van der Waals surface area contributed by atoms with Crippen LogP contribution in [0, 0.1) is 11.3 Å². The molecule has 2 heteroatoms. The van der Waals surface area contributed by atoms with Gasteiger partial charge in [-0.2, -0.15) is 5.48 Å². The maximum absolute atomic E-state index is 5.26.